The van der Waals surface area contributed by atoms with Gasteiger partial charge >= 0.3 is 5.97 Å². The van der Waals surface area contributed by atoms with E-state index in [9.17, 15) is 9.90 Å². The van der Waals surface area contributed by atoms with Crippen LogP contribution in [0.5, 0.6) is 0 Å². The third kappa shape index (κ3) is 3.10. The van der Waals surface area contributed by atoms with Gasteiger partial charge in [0.25, 0.3) is 0 Å². The number of rotatable bonds is 4. The van der Waals surface area contributed by atoms with Crippen molar-refractivity contribution in [3.05, 3.63) is 55.9 Å². The summed E-state index contributed by atoms with van der Waals surface area (Å²) in [6.07, 6.45) is 5.91. The number of aliphatic carboxylic acids is 1. The van der Waals surface area contributed by atoms with Crippen LogP contribution in [0.4, 0.5) is 0 Å². The number of nitrogens with zero attached hydrogens (tertiary/aromatic N) is 1. The van der Waals surface area contributed by atoms with Gasteiger partial charge in [-0.25, -0.2) is 0 Å². The fourth-order valence-electron chi connectivity index (χ4n) is 3.66. The second-order valence-electron chi connectivity index (χ2n) is 6.69. The summed E-state index contributed by atoms with van der Waals surface area (Å²) in [6.45, 7) is 2.82. The van der Waals surface area contributed by atoms with Gasteiger partial charge in [-0.2, -0.15) is 0 Å². The molecule has 0 unspecified atom stereocenters. The van der Waals surface area contributed by atoms with Crippen molar-refractivity contribution >= 4 is 59.2 Å². The van der Waals surface area contributed by atoms with E-state index in [0.717, 1.165) is 34.3 Å². The molecule has 4 rings (SSSR count). The van der Waals surface area contributed by atoms with Gasteiger partial charge in [0.1, 0.15) is 7.85 Å². The van der Waals surface area contributed by atoms with Gasteiger partial charge in [0.15, 0.2) is 0 Å². The summed E-state index contributed by atoms with van der Waals surface area (Å²) in [5, 5.41) is 11.1. The number of hydrogen-bond donors (Lipinski definition) is 1. The van der Waals surface area contributed by atoms with Crippen LogP contribution in [-0.4, -0.2) is 23.5 Å². The first-order valence-electron chi connectivity index (χ1n) is 8.48. The number of allylic oxidation sites excluding steroid dienone is 1. The van der Waals surface area contributed by atoms with E-state index >= 15 is 0 Å². The summed E-state index contributed by atoms with van der Waals surface area (Å²) in [7, 11) is 5.98. The largest absolute Gasteiger partial charge is 0.481 e. The fraction of sp³-hybridized carbons (Fsp3) is 0.250. The zero-order valence-electron chi connectivity index (χ0n) is 14.4. The van der Waals surface area contributed by atoms with Crippen molar-refractivity contribution in [2.45, 2.75) is 32.7 Å². The Hall–Kier alpha value is -1.98. The third-order valence-electron chi connectivity index (χ3n) is 4.88. The molecule has 1 aliphatic carbocycles. The molecule has 3 aromatic rings. The number of benzene rings is 1. The van der Waals surface area contributed by atoms with Crippen LogP contribution in [-0.2, 0) is 24.2 Å². The molecule has 1 aromatic carbocycles. The monoisotopic (exact) mass is 381 g/mol. The van der Waals surface area contributed by atoms with Crippen molar-refractivity contribution < 1.29 is 9.90 Å². The molecule has 26 heavy (non-hydrogen) atoms. The van der Waals surface area contributed by atoms with Crippen molar-refractivity contribution in [2.24, 2.45) is 0 Å². The molecule has 3 nitrogen and oxygen atoms in total. The molecular weight excluding hydrogens is 365 g/mol. The van der Waals surface area contributed by atoms with Crippen LogP contribution >= 0.6 is 22.9 Å². The number of carboxylic acids is 1. The Morgan fingerprint density at radius 1 is 1.38 bits per heavy atom. The van der Waals surface area contributed by atoms with Crippen LogP contribution < -0.4 is 5.46 Å². The minimum atomic E-state index is -0.834. The Labute approximate surface area is 162 Å². The van der Waals surface area contributed by atoms with Crippen LogP contribution in [0.2, 0.25) is 0 Å². The zero-order chi connectivity index (χ0) is 18.4. The normalized spacial score (nSPS) is 13.7. The third-order valence-corrected chi connectivity index (χ3v) is 6.40. The number of carbonyl (C=O) groups is 1. The molecule has 2 aromatic heterocycles. The van der Waals surface area contributed by atoms with E-state index in [1.807, 2.05) is 35.7 Å². The number of aryl methyl sites for hydroxylation is 2. The molecular formula is C20H17BClNO2S. The van der Waals surface area contributed by atoms with Gasteiger partial charge in [-0.3, -0.25) is 4.79 Å². The molecule has 0 amide bonds. The SMILES string of the molecule is [B]c1ccc2c(CC(=O)O)cn(Cc3c(C)sc4c3C=C(Cl)CC4)c2c1. The van der Waals surface area contributed by atoms with E-state index in [1.165, 1.54) is 20.9 Å². The predicted octanol–water partition coefficient (Wildman–Crippen LogP) is 4.01. The smallest absolute Gasteiger partial charge is 0.307 e. The Kier molecular flexibility index (Phi) is 4.45. The van der Waals surface area contributed by atoms with Crippen molar-refractivity contribution in [1.82, 2.24) is 4.57 Å². The highest BCUT2D eigenvalue weighted by atomic mass is 35.5. The fourth-order valence-corrected chi connectivity index (χ4v) is 5.03. The van der Waals surface area contributed by atoms with Gasteiger partial charge in [-0.15, -0.1) is 11.3 Å². The molecule has 0 atom stereocenters. The van der Waals surface area contributed by atoms with Gasteiger partial charge < -0.3 is 9.67 Å². The number of thiophene rings is 1. The average Bonchev–Trinajstić information content (AvgIpc) is 3.05. The molecule has 1 N–H and O–H groups in total. The Bertz CT molecular complexity index is 1060. The van der Waals surface area contributed by atoms with E-state index in [0.29, 0.717) is 12.0 Å². The molecule has 0 spiro atoms. The number of hydrogen-bond acceptors (Lipinski definition) is 2. The molecule has 0 saturated heterocycles. The molecule has 0 aliphatic heterocycles. The molecule has 0 fully saturated rings. The van der Waals surface area contributed by atoms with Crippen LogP contribution in [0.25, 0.3) is 17.0 Å². The lowest BCUT2D eigenvalue weighted by Gasteiger charge is -2.12. The highest BCUT2D eigenvalue weighted by Gasteiger charge is 2.20. The molecule has 1 aliphatic rings. The highest BCUT2D eigenvalue weighted by Crippen LogP contribution is 2.37. The standard InChI is InChI=1S/C20H17BClNO2S/c1-11-17(16-8-14(22)3-5-19(16)26-11)10-23-9-12(6-20(24)25)15-4-2-13(21)7-18(15)23/h2,4,7-9H,3,5-6,10H2,1H3,(H,24,25). The Balaban J connectivity index is 1.83. The van der Waals surface area contributed by atoms with Crippen LogP contribution in [0.1, 0.15) is 32.9 Å². The van der Waals surface area contributed by atoms with Crippen molar-refractivity contribution in [3.63, 3.8) is 0 Å². The van der Waals surface area contributed by atoms with Gasteiger partial charge in [-0.05, 0) is 48.6 Å². The maximum atomic E-state index is 11.2. The zero-order valence-corrected chi connectivity index (χ0v) is 16.0. The second kappa shape index (κ2) is 6.64. The number of halogens is 1. The van der Waals surface area contributed by atoms with E-state index < -0.39 is 5.97 Å². The quantitative estimate of drug-likeness (QED) is 0.694. The average molecular weight is 382 g/mol. The second-order valence-corrected chi connectivity index (χ2v) is 8.49. The Morgan fingerprint density at radius 3 is 2.96 bits per heavy atom. The Morgan fingerprint density at radius 2 is 2.19 bits per heavy atom. The molecule has 0 saturated carbocycles. The van der Waals surface area contributed by atoms with Crippen LogP contribution in [0.3, 0.4) is 0 Å². The topological polar surface area (TPSA) is 42.2 Å². The van der Waals surface area contributed by atoms with Gasteiger partial charge in [0.2, 0.25) is 0 Å². The summed E-state index contributed by atoms with van der Waals surface area (Å²) in [4.78, 5) is 13.9. The molecule has 6 heteroatoms. The molecule has 0 bridgehead atoms. The lowest BCUT2D eigenvalue weighted by atomic mass is 9.94. The first-order chi connectivity index (χ1) is 12.4. The van der Waals surface area contributed by atoms with E-state index in [-0.39, 0.29) is 6.42 Å². The maximum Gasteiger partial charge on any atom is 0.307 e. The minimum Gasteiger partial charge on any atom is -0.481 e. The predicted molar refractivity (Wildman–Crippen MR) is 109 cm³/mol. The van der Waals surface area contributed by atoms with Crippen molar-refractivity contribution in [2.75, 3.05) is 0 Å². The number of aromatic nitrogens is 1. The van der Waals surface area contributed by atoms with Gasteiger partial charge in [0, 0.05) is 38.4 Å². The van der Waals surface area contributed by atoms with Crippen molar-refractivity contribution in [1.29, 1.82) is 0 Å². The first-order valence-corrected chi connectivity index (χ1v) is 9.68. The molecule has 2 radical (unpaired) electrons. The van der Waals surface area contributed by atoms with Gasteiger partial charge in [-0.1, -0.05) is 29.2 Å². The lowest BCUT2D eigenvalue weighted by molar-refractivity contribution is -0.136. The summed E-state index contributed by atoms with van der Waals surface area (Å²) in [5.74, 6) is -0.834. The highest BCUT2D eigenvalue weighted by molar-refractivity contribution is 7.12. The summed E-state index contributed by atoms with van der Waals surface area (Å²) in [6, 6.07) is 5.64. The van der Waals surface area contributed by atoms with E-state index in [2.05, 4.69) is 17.6 Å². The van der Waals surface area contributed by atoms with Crippen molar-refractivity contribution in [3.8, 4) is 0 Å². The first kappa shape index (κ1) is 17.4. The van der Waals surface area contributed by atoms with Crippen LogP contribution in [0.15, 0.2) is 29.4 Å². The van der Waals surface area contributed by atoms with Gasteiger partial charge in [0.05, 0.1) is 6.42 Å². The molecule has 2 heterocycles. The summed E-state index contributed by atoms with van der Waals surface area (Å²) < 4.78 is 2.11. The number of fused-ring (bicyclic) bond motifs is 2. The van der Waals surface area contributed by atoms with E-state index in [1.54, 1.807) is 0 Å². The summed E-state index contributed by atoms with van der Waals surface area (Å²) in [5.41, 5.74) is 4.93. The minimum absolute atomic E-state index is 0.000124. The maximum absolute atomic E-state index is 11.2. The van der Waals surface area contributed by atoms with E-state index in [4.69, 9.17) is 19.4 Å². The summed E-state index contributed by atoms with van der Waals surface area (Å²) >= 11 is 8.11. The number of carboxylic acid groups (broad SMARTS) is 1. The van der Waals surface area contributed by atoms with Crippen LogP contribution in [0, 0.1) is 6.92 Å². The molecule has 130 valence electrons. The lowest BCUT2D eigenvalue weighted by Crippen LogP contribution is -2.05.